The van der Waals surface area contributed by atoms with Crippen molar-refractivity contribution in [1.29, 1.82) is 0 Å². The van der Waals surface area contributed by atoms with Crippen LogP contribution in [0.3, 0.4) is 0 Å². The zero-order chi connectivity index (χ0) is 40.7. The van der Waals surface area contributed by atoms with E-state index in [2.05, 4.69) is 25.3 Å². The summed E-state index contributed by atoms with van der Waals surface area (Å²) in [5, 5.41) is 6.16. The number of fused-ring (bicyclic) bond motifs is 4. The van der Waals surface area contributed by atoms with Crippen molar-refractivity contribution >= 4 is 66.1 Å². The molecule has 5 atom stereocenters. The van der Waals surface area contributed by atoms with E-state index in [1.54, 1.807) is 11.3 Å². The van der Waals surface area contributed by atoms with Gasteiger partial charge in [0.05, 0.1) is 27.7 Å². The summed E-state index contributed by atoms with van der Waals surface area (Å²) in [6.07, 6.45) is 10.0. The molecule has 0 radical (unpaired) electrons. The Bertz CT molecular complexity index is 2570. The first-order valence-electron chi connectivity index (χ1n) is 19.9. The molecule has 2 saturated carbocycles. The third-order valence-electron chi connectivity index (χ3n) is 11.4. The van der Waals surface area contributed by atoms with Crippen molar-refractivity contribution in [1.82, 2.24) is 40.2 Å². The summed E-state index contributed by atoms with van der Waals surface area (Å²) >= 11 is 1.54. The van der Waals surface area contributed by atoms with E-state index in [0.717, 1.165) is 27.8 Å². The lowest BCUT2D eigenvalue weighted by Crippen LogP contribution is -2.58. The summed E-state index contributed by atoms with van der Waals surface area (Å²) < 4.78 is 35.9. The molecular weight excluding hydrogens is 793 g/mol. The standard InChI is InChI=1S/C42H42N8O7S2/c51-37(31-18-19-43-24-44-31)46-32-14-5-3-1-2-4-11-26-22-42(26,41(54)49-59(55,56)28-16-17-28)48-38(52)33-21-27(23-50(33)40(32)53)57-39-36(45-29-12-7-8-13-30(29)47-39)35-20-25-10-6-9-15-34(25)58-35/h4,6-13,15,18-20,24,26-28,32-33H,1-3,5,14,16-17,21-23H2,(H,46,51)(H,48,52)(H,49,54)/t26-,27-,32+,33+,42-/m1/s1. The van der Waals surface area contributed by atoms with Crippen LogP contribution < -0.4 is 20.1 Å². The molecule has 4 aliphatic rings. The molecule has 9 rings (SSSR count). The van der Waals surface area contributed by atoms with E-state index >= 15 is 0 Å². The summed E-state index contributed by atoms with van der Waals surface area (Å²) in [5.74, 6) is -2.70. The van der Waals surface area contributed by atoms with E-state index in [1.807, 2.05) is 66.7 Å². The van der Waals surface area contributed by atoms with Crippen molar-refractivity contribution in [2.45, 2.75) is 86.8 Å². The largest absolute Gasteiger partial charge is 0.471 e. The summed E-state index contributed by atoms with van der Waals surface area (Å²) in [6, 6.07) is 16.7. The first-order chi connectivity index (χ1) is 28.6. The fourth-order valence-electron chi connectivity index (χ4n) is 7.99. The third-order valence-corrected chi connectivity index (χ3v) is 14.4. The Hall–Kier alpha value is -5.81. The van der Waals surface area contributed by atoms with Crippen LogP contribution in [0.4, 0.5) is 0 Å². The van der Waals surface area contributed by atoms with Gasteiger partial charge in [-0.3, -0.25) is 23.9 Å². The van der Waals surface area contributed by atoms with Crippen LogP contribution in [-0.4, -0.2) is 92.4 Å². The van der Waals surface area contributed by atoms with E-state index in [0.29, 0.717) is 48.8 Å². The molecule has 1 saturated heterocycles. The van der Waals surface area contributed by atoms with E-state index in [9.17, 15) is 27.6 Å². The predicted octanol–water partition coefficient (Wildman–Crippen LogP) is 4.45. The molecule has 3 aromatic heterocycles. The Morgan fingerprint density at radius 2 is 1.76 bits per heavy atom. The zero-order valence-corrected chi connectivity index (χ0v) is 33.6. The molecule has 4 amide bonds. The number of thiophene rings is 1. The van der Waals surface area contributed by atoms with Gasteiger partial charge in [0.2, 0.25) is 27.7 Å². The minimum atomic E-state index is -3.91. The molecule has 5 heterocycles. The van der Waals surface area contributed by atoms with Gasteiger partial charge in [0, 0.05) is 23.2 Å². The van der Waals surface area contributed by atoms with Gasteiger partial charge in [0.25, 0.3) is 11.8 Å². The summed E-state index contributed by atoms with van der Waals surface area (Å²) in [6.45, 7) is -0.0459. The number of para-hydroxylation sites is 2. The minimum absolute atomic E-state index is 0.0170. The number of carbonyl (C=O) groups is 4. The molecular formula is C42H42N8O7S2. The highest BCUT2D eigenvalue weighted by Gasteiger charge is 2.62. The normalized spacial score (nSPS) is 25.0. The van der Waals surface area contributed by atoms with Gasteiger partial charge in [-0.2, -0.15) is 0 Å². The van der Waals surface area contributed by atoms with Gasteiger partial charge in [-0.15, -0.1) is 11.3 Å². The number of allylic oxidation sites excluding steroid dienone is 1. The highest BCUT2D eigenvalue weighted by Crippen LogP contribution is 2.46. The fourth-order valence-corrected chi connectivity index (χ4v) is 10.4. The Morgan fingerprint density at radius 1 is 0.966 bits per heavy atom. The number of rotatable bonds is 8. The molecule has 2 aliphatic heterocycles. The molecule has 5 aromatic rings. The lowest BCUT2D eigenvalue weighted by atomic mass is 10.0. The van der Waals surface area contributed by atoms with Gasteiger partial charge < -0.3 is 20.3 Å². The van der Waals surface area contributed by atoms with Crippen molar-refractivity contribution in [2.24, 2.45) is 5.92 Å². The highest BCUT2D eigenvalue weighted by atomic mass is 32.2. The Morgan fingerprint density at radius 3 is 2.54 bits per heavy atom. The summed E-state index contributed by atoms with van der Waals surface area (Å²) in [5.41, 5.74) is 0.345. The Kier molecular flexibility index (Phi) is 10.3. The van der Waals surface area contributed by atoms with E-state index in [-0.39, 0.29) is 31.0 Å². The van der Waals surface area contributed by atoms with Gasteiger partial charge in [-0.1, -0.05) is 55.3 Å². The fraction of sp³-hybridized carbons (Fsp3) is 0.381. The second kappa shape index (κ2) is 15.7. The van der Waals surface area contributed by atoms with Crippen molar-refractivity contribution in [3.05, 3.63) is 91.0 Å². The lowest BCUT2D eigenvalue weighted by molar-refractivity contribution is -0.141. The van der Waals surface area contributed by atoms with Crippen LogP contribution in [0.5, 0.6) is 5.88 Å². The molecule has 0 spiro atoms. The van der Waals surface area contributed by atoms with Crippen LogP contribution in [0.15, 0.2) is 85.3 Å². The van der Waals surface area contributed by atoms with Crippen LogP contribution in [0.25, 0.3) is 31.7 Å². The van der Waals surface area contributed by atoms with Gasteiger partial charge >= 0.3 is 0 Å². The van der Waals surface area contributed by atoms with E-state index in [4.69, 9.17) is 14.7 Å². The maximum atomic E-state index is 14.8. The highest BCUT2D eigenvalue weighted by molar-refractivity contribution is 7.91. The second-order valence-corrected chi connectivity index (χ2v) is 18.7. The van der Waals surface area contributed by atoms with Crippen molar-refractivity contribution < 1.29 is 32.3 Å². The molecule has 304 valence electrons. The third kappa shape index (κ3) is 8.00. The molecule has 3 N–H and O–H groups in total. The number of amides is 4. The smallest absolute Gasteiger partial charge is 0.270 e. The van der Waals surface area contributed by atoms with Crippen LogP contribution >= 0.6 is 11.3 Å². The van der Waals surface area contributed by atoms with Crippen molar-refractivity contribution in [2.75, 3.05) is 6.54 Å². The topological polar surface area (TPSA) is 203 Å². The van der Waals surface area contributed by atoms with Gasteiger partial charge in [0.15, 0.2) is 0 Å². The molecule has 15 nitrogen and oxygen atoms in total. The van der Waals surface area contributed by atoms with Crippen LogP contribution in [0.1, 0.15) is 68.3 Å². The first-order valence-corrected chi connectivity index (χ1v) is 22.3. The SMILES string of the molecule is O=C(N[C@H]1CCCCCC=C[C@@H]2C[C@@]2(C(=O)NS(=O)(=O)C2CC2)NC(=O)[C@@H]2C[C@@H](Oc3nc4ccccc4nc3-c3cc4ccccc4s3)CN2C1=O)c1ccncn1. The number of nitrogens with one attached hydrogen (secondary N) is 3. The Labute approximate surface area is 344 Å². The predicted molar refractivity (Wildman–Crippen MR) is 219 cm³/mol. The average molecular weight is 835 g/mol. The number of sulfonamides is 1. The molecule has 59 heavy (non-hydrogen) atoms. The average Bonchev–Trinajstić information content (AvgIpc) is 4.13. The molecule has 17 heteroatoms. The van der Waals surface area contributed by atoms with E-state index in [1.165, 1.54) is 23.5 Å². The number of aromatic nitrogens is 4. The van der Waals surface area contributed by atoms with Crippen LogP contribution in [-0.2, 0) is 24.4 Å². The maximum absolute atomic E-state index is 14.8. The number of benzene rings is 2. The first kappa shape index (κ1) is 38.7. The number of hydrogen-bond acceptors (Lipinski definition) is 12. The van der Waals surface area contributed by atoms with Gasteiger partial charge in [0.1, 0.15) is 41.4 Å². The molecule has 3 fully saturated rings. The Balaban J connectivity index is 1.06. The zero-order valence-electron chi connectivity index (χ0n) is 32.0. The molecule has 2 aliphatic carbocycles. The van der Waals surface area contributed by atoms with Gasteiger partial charge in [-0.05, 0) is 74.2 Å². The van der Waals surface area contributed by atoms with Crippen molar-refractivity contribution in [3.63, 3.8) is 0 Å². The lowest BCUT2D eigenvalue weighted by Gasteiger charge is -2.29. The number of nitrogens with zero attached hydrogens (tertiary/aromatic N) is 5. The quantitative estimate of drug-likeness (QED) is 0.187. The summed E-state index contributed by atoms with van der Waals surface area (Å²) in [7, 11) is -3.91. The molecule has 0 bridgehead atoms. The maximum Gasteiger partial charge on any atom is 0.270 e. The second-order valence-electron chi connectivity index (χ2n) is 15.6. The summed E-state index contributed by atoms with van der Waals surface area (Å²) in [4.78, 5) is 76.7. The molecule has 0 unspecified atom stereocenters. The van der Waals surface area contributed by atoms with Crippen molar-refractivity contribution in [3.8, 4) is 16.5 Å². The molecule has 2 aromatic carbocycles. The van der Waals surface area contributed by atoms with Crippen LogP contribution in [0, 0.1) is 5.92 Å². The van der Waals surface area contributed by atoms with Gasteiger partial charge in [-0.25, -0.2) is 28.4 Å². The number of hydrogen-bond donors (Lipinski definition) is 3. The van der Waals surface area contributed by atoms with Crippen LogP contribution in [0.2, 0.25) is 0 Å². The minimum Gasteiger partial charge on any atom is -0.471 e. The monoisotopic (exact) mass is 834 g/mol. The number of carbonyl (C=O) groups excluding carboxylic acids is 4. The van der Waals surface area contributed by atoms with E-state index < -0.39 is 68.5 Å². The number of ether oxygens (including phenoxy) is 1.